The quantitative estimate of drug-likeness (QED) is 0.646. The van der Waals surface area contributed by atoms with E-state index in [9.17, 15) is 5.11 Å². The third-order valence-corrected chi connectivity index (χ3v) is 4.72. The van der Waals surface area contributed by atoms with Crippen LogP contribution in [0.15, 0.2) is 29.4 Å². The molecule has 1 aromatic heterocycles. The zero-order chi connectivity index (χ0) is 16.1. The largest absolute Gasteiger partial charge is 0.472 e. The molecule has 0 aromatic carbocycles. The molecule has 1 aliphatic heterocycles. The molecule has 2 fully saturated rings. The van der Waals surface area contributed by atoms with Gasteiger partial charge in [0.15, 0.2) is 5.96 Å². The number of aliphatic imine (C=N–C) groups is 1. The minimum Gasteiger partial charge on any atom is -0.472 e. The Bertz CT molecular complexity index is 523. The fraction of sp³-hybridized carbons (Fsp3) is 0.647. The standard InChI is InChI=1S/C17H26N4O2/c1-18-17(20-11-13-5-4-6-15(13)22)21-10-8-14(12-21)23-16-7-2-3-9-19-16/h2-3,7,9,13-15,22H,4-6,8,10-12H2,1H3,(H,18,20). The SMILES string of the molecule is CN=C(NCC1CCCC1O)N1CCC(Oc2ccccn2)C1. The molecule has 6 nitrogen and oxygen atoms in total. The van der Waals surface area contributed by atoms with Gasteiger partial charge < -0.3 is 20.1 Å². The predicted octanol–water partition coefficient (Wildman–Crippen LogP) is 1.27. The first-order chi connectivity index (χ1) is 11.3. The molecule has 0 bridgehead atoms. The first-order valence-corrected chi connectivity index (χ1v) is 8.47. The molecule has 1 saturated carbocycles. The summed E-state index contributed by atoms with van der Waals surface area (Å²) in [6.07, 6.45) is 5.82. The van der Waals surface area contributed by atoms with Crippen molar-refractivity contribution in [2.45, 2.75) is 37.9 Å². The number of ether oxygens (including phenoxy) is 1. The van der Waals surface area contributed by atoms with Gasteiger partial charge in [-0.15, -0.1) is 0 Å². The zero-order valence-corrected chi connectivity index (χ0v) is 13.7. The van der Waals surface area contributed by atoms with E-state index < -0.39 is 0 Å². The van der Waals surface area contributed by atoms with Gasteiger partial charge in [0.1, 0.15) is 6.10 Å². The smallest absolute Gasteiger partial charge is 0.213 e. The van der Waals surface area contributed by atoms with Crippen LogP contribution < -0.4 is 10.1 Å². The van der Waals surface area contributed by atoms with Crippen LogP contribution in [0.5, 0.6) is 5.88 Å². The van der Waals surface area contributed by atoms with Gasteiger partial charge in [-0.1, -0.05) is 12.5 Å². The second-order valence-corrected chi connectivity index (χ2v) is 6.33. The van der Waals surface area contributed by atoms with Crippen molar-refractivity contribution in [2.75, 3.05) is 26.7 Å². The van der Waals surface area contributed by atoms with Crippen molar-refractivity contribution in [3.05, 3.63) is 24.4 Å². The molecule has 0 radical (unpaired) electrons. The van der Waals surface area contributed by atoms with E-state index in [4.69, 9.17) is 4.74 Å². The molecule has 1 aromatic rings. The Morgan fingerprint density at radius 1 is 1.43 bits per heavy atom. The van der Waals surface area contributed by atoms with Crippen LogP contribution in [0.2, 0.25) is 0 Å². The van der Waals surface area contributed by atoms with Crippen molar-refractivity contribution >= 4 is 5.96 Å². The number of guanidine groups is 1. The monoisotopic (exact) mass is 318 g/mol. The molecule has 1 aliphatic carbocycles. The van der Waals surface area contributed by atoms with E-state index in [1.165, 1.54) is 0 Å². The van der Waals surface area contributed by atoms with Crippen molar-refractivity contribution in [3.8, 4) is 5.88 Å². The lowest BCUT2D eigenvalue weighted by molar-refractivity contribution is 0.133. The Balaban J connectivity index is 1.48. The van der Waals surface area contributed by atoms with E-state index in [-0.39, 0.29) is 12.2 Å². The lowest BCUT2D eigenvalue weighted by Gasteiger charge is -2.24. The Kier molecular flexibility index (Phi) is 5.33. The van der Waals surface area contributed by atoms with Gasteiger partial charge >= 0.3 is 0 Å². The summed E-state index contributed by atoms with van der Waals surface area (Å²) in [5.41, 5.74) is 0. The van der Waals surface area contributed by atoms with Crippen molar-refractivity contribution in [1.82, 2.24) is 15.2 Å². The topological polar surface area (TPSA) is 70.0 Å². The molecule has 0 spiro atoms. The average molecular weight is 318 g/mol. The highest BCUT2D eigenvalue weighted by Crippen LogP contribution is 2.24. The number of hydrogen-bond acceptors (Lipinski definition) is 4. The summed E-state index contributed by atoms with van der Waals surface area (Å²) in [5, 5.41) is 13.3. The highest BCUT2D eigenvalue weighted by molar-refractivity contribution is 5.80. The van der Waals surface area contributed by atoms with Crippen LogP contribution in [0.25, 0.3) is 0 Å². The summed E-state index contributed by atoms with van der Waals surface area (Å²) in [4.78, 5) is 10.8. The summed E-state index contributed by atoms with van der Waals surface area (Å²) >= 11 is 0. The molecule has 126 valence electrons. The number of aliphatic hydroxyl groups is 1. The van der Waals surface area contributed by atoms with Gasteiger partial charge in [-0.05, 0) is 18.9 Å². The lowest BCUT2D eigenvalue weighted by Crippen LogP contribution is -2.43. The Labute approximate surface area is 137 Å². The van der Waals surface area contributed by atoms with E-state index in [0.717, 1.165) is 51.3 Å². The number of aromatic nitrogens is 1. The van der Waals surface area contributed by atoms with Gasteiger partial charge in [0.05, 0.1) is 12.6 Å². The van der Waals surface area contributed by atoms with Gasteiger partial charge in [0.25, 0.3) is 0 Å². The van der Waals surface area contributed by atoms with Gasteiger partial charge in [-0.2, -0.15) is 0 Å². The highest BCUT2D eigenvalue weighted by atomic mass is 16.5. The van der Waals surface area contributed by atoms with Crippen molar-refractivity contribution in [3.63, 3.8) is 0 Å². The molecule has 1 saturated heterocycles. The molecule has 3 unspecified atom stereocenters. The number of nitrogens with one attached hydrogen (secondary N) is 1. The Morgan fingerprint density at radius 3 is 3.04 bits per heavy atom. The van der Waals surface area contributed by atoms with E-state index in [1.807, 2.05) is 18.2 Å². The molecule has 6 heteroatoms. The Morgan fingerprint density at radius 2 is 2.35 bits per heavy atom. The number of hydrogen-bond donors (Lipinski definition) is 2. The van der Waals surface area contributed by atoms with Gasteiger partial charge in [-0.25, -0.2) is 4.98 Å². The van der Waals surface area contributed by atoms with E-state index in [2.05, 4.69) is 20.2 Å². The van der Waals surface area contributed by atoms with Crippen molar-refractivity contribution in [2.24, 2.45) is 10.9 Å². The van der Waals surface area contributed by atoms with Crippen LogP contribution in [0.3, 0.4) is 0 Å². The number of nitrogens with zero attached hydrogens (tertiary/aromatic N) is 3. The molecule has 2 N–H and O–H groups in total. The highest BCUT2D eigenvalue weighted by Gasteiger charge is 2.29. The van der Waals surface area contributed by atoms with Crippen LogP contribution in [-0.2, 0) is 0 Å². The third kappa shape index (κ3) is 4.13. The fourth-order valence-corrected chi connectivity index (χ4v) is 3.41. The summed E-state index contributed by atoms with van der Waals surface area (Å²) in [5.74, 6) is 1.92. The summed E-state index contributed by atoms with van der Waals surface area (Å²) in [6.45, 7) is 2.52. The van der Waals surface area contributed by atoms with Crippen LogP contribution in [0.4, 0.5) is 0 Å². The molecule has 2 heterocycles. The minimum absolute atomic E-state index is 0.139. The maximum atomic E-state index is 9.93. The molecular weight excluding hydrogens is 292 g/mol. The molecule has 23 heavy (non-hydrogen) atoms. The van der Waals surface area contributed by atoms with E-state index >= 15 is 0 Å². The average Bonchev–Trinajstić information content (AvgIpc) is 3.19. The number of likely N-dealkylation sites (tertiary alicyclic amines) is 1. The van der Waals surface area contributed by atoms with Gasteiger partial charge in [0.2, 0.25) is 5.88 Å². The number of aliphatic hydroxyl groups excluding tert-OH is 1. The van der Waals surface area contributed by atoms with Crippen molar-refractivity contribution < 1.29 is 9.84 Å². The summed E-state index contributed by atoms with van der Waals surface area (Å²) in [6, 6.07) is 5.71. The maximum absolute atomic E-state index is 9.93. The maximum Gasteiger partial charge on any atom is 0.213 e. The minimum atomic E-state index is -0.167. The van der Waals surface area contributed by atoms with E-state index in [0.29, 0.717) is 11.8 Å². The lowest BCUT2D eigenvalue weighted by atomic mass is 10.1. The molecule has 0 amide bonds. The normalized spacial score (nSPS) is 28.2. The number of pyridine rings is 1. The third-order valence-electron chi connectivity index (χ3n) is 4.72. The van der Waals surface area contributed by atoms with Gasteiger partial charge in [0, 0.05) is 44.7 Å². The molecule has 3 rings (SSSR count). The van der Waals surface area contributed by atoms with Crippen LogP contribution >= 0.6 is 0 Å². The van der Waals surface area contributed by atoms with Crippen LogP contribution in [0, 0.1) is 5.92 Å². The summed E-state index contributed by atoms with van der Waals surface area (Å²) in [7, 11) is 1.81. The number of rotatable bonds is 4. The summed E-state index contributed by atoms with van der Waals surface area (Å²) < 4.78 is 5.92. The zero-order valence-electron chi connectivity index (χ0n) is 13.7. The predicted molar refractivity (Wildman–Crippen MR) is 89.6 cm³/mol. The first kappa shape index (κ1) is 16.1. The molecule has 3 atom stereocenters. The molecular formula is C17H26N4O2. The van der Waals surface area contributed by atoms with E-state index in [1.54, 1.807) is 13.2 Å². The molecule has 2 aliphatic rings. The van der Waals surface area contributed by atoms with Crippen molar-refractivity contribution in [1.29, 1.82) is 0 Å². The second kappa shape index (κ2) is 7.64. The Hall–Kier alpha value is -1.82. The first-order valence-electron chi connectivity index (χ1n) is 8.47. The fourth-order valence-electron chi connectivity index (χ4n) is 3.41. The van der Waals surface area contributed by atoms with Crippen LogP contribution in [0.1, 0.15) is 25.7 Å². The second-order valence-electron chi connectivity index (χ2n) is 6.33. The van der Waals surface area contributed by atoms with Gasteiger partial charge in [-0.3, -0.25) is 4.99 Å². The van der Waals surface area contributed by atoms with Crippen LogP contribution in [-0.4, -0.2) is 59.8 Å².